The van der Waals surface area contributed by atoms with Crippen molar-refractivity contribution in [1.82, 2.24) is 15.3 Å². The molecule has 1 fully saturated rings. The van der Waals surface area contributed by atoms with Crippen molar-refractivity contribution in [2.24, 2.45) is 0 Å². The van der Waals surface area contributed by atoms with Crippen LogP contribution in [0.5, 0.6) is 5.75 Å². The van der Waals surface area contributed by atoms with Gasteiger partial charge in [-0.25, -0.2) is 4.98 Å². The van der Waals surface area contributed by atoms with Crippen molar-refractivity contribution >= 4 is 17.1 Å². The fourth-order valence-electron chi connectivity index (χ4n) is 3.40. The predicted octanol–water partition coefficient (Wildman–Crippen LogP) is 2.89. The van der Waals surface area contributed by atoms with Crippen molar-refractivity contribution in [3.63, 3.8) is 0 Å². The number of carbonyl (C=O) groups is 1. The molecule has 1 aromatic carbocycles. The molecule has 1 saturated heterocycles. The van der Waals surface area contributed by atoms with Crippen molar-refractivity contribution in [3.05, 3.63) is 41.3 Å². The Kier molecular flexibility index (Phi) is 4.45. The molecule has 3 N–H and O–H groups in total. The summed E-state index contributed by atoms with van der Waals surface area (Å²) in [5, 5.41) is 22.4. The highest BCUT2D eigenvalue weighted by molar-refractivity contribution is 5.81. The number of halogens is 3. The molecule has 1 aliphatic rings. The molecule has 0 radical (unpaired) electrons. The number of oxazole rings is 1. The third kappa shape index (κ3) is 3.51. The molecule has 0 bridgehead atoms. The Labute approximate surface area is 162 Å². The number of benzene rings is 1. The molecule has 3 aromatic rings. The van der Waals surface area contributed by atoms with E-state index in [4.69, 9.17) is 4.42 Å². The van der Waals surface area contributed by atoms with E-state index in [1.54, 1.807) is 6.07 Å². The van der Waals surface area contributed by atoms with Crippen molar-refractivity contribution in [3.8, 4) is 17.0 Å². The average molecular weight is 407 g/mol. The lowest BCUT2D eigenvalue weighted by molar-refractivity contribution is -0.137. The number of pyridine rings is 1. The summed E-state index contributed by atoms with van der Waals surface area (Å²) in [6.45, 7) is 1.71. The van der Waals surface area contributed by atoms with Crippen LogP contribution in [-0.2, 0) is 11.0 Å². The molecular weight excluding hydrogens is 391 g/mol. The summed E-state index contributed by atoms with van der Waals surface area (Å²) in [6.07, 6.45) is -5.57. The van der Waals surface area contributed by atoms with Crippen LogP contribution in [0.4, 0.5) is 13.2 Å². The number of amides is 1. The van der Waals surface area contributed by atoms with Crippen LogP contribution in [0, 0.1) is 6.92 Å². The fraction of sp³-hybridized carbons (Fsp3) is 0.316. The zero-order valence-electron chi connectivity index (χ0n) is 15.1. The molecule has 10 heteroatoms. The molecule has 2 atom stereocenters. The van der Waals surface area contributed by atoms with Crippen LogP contribution in [0.25, 0.3) is 22.5 Å². The maximum absolute atomic E-state index is 12.9. The number of hydrogen-bond acceptors (Lipinski definition) is 6. The third-order valence-electron chi connectivity index (χ3n) is 4.85. The molecule has 3 heterocycles. The summed E-state index contributed by atoms with van der Waals surface area (Å²) in [7, 11) is 0. The number of alkyl halides is 3. The van der Waals surface area contributed by atoms with E-state index in [1.807, 2.05) is 0 Å². The molecule has 4 rings (SSSR count). The second-order valence-electron chi connectivity index (χ2n) is 6.95. The second-order valence-corrected chi connectivity index (χ2v) is 6.95. The fourth-order valence-corrected chi connectivity index (χ4v) is 3.40. The predicted molar refractivity (Wildman–Crippen MR) is 95.0 cm³/mol. The molecule has 152 valence electrons. The number of aliphatic hydroxyl groups excluding tert-OH is 1. The normalized spacial score (nSPS) is 20.1. The average Bonchev–Trinajstić information content (AvgIpc) is 3.06. The Morgan fingerprint density at radius 1 is 1.24 bits per heavy atom. The van der Waals surface area contributed by atoms with E-state index in [1.165, 1.54) is 13.0 Å². The van der Waals surface area contributed by atoms with E-state index in [2.05, 4.69) is 15.3 Å². The van der Waals surface area contributed by atoms with Crippen molar-refractivity contribution in [2.45, 2.75) is 31.5 Å². The molecule has 29 heavy (non-hydrogen) atoms. The van der Waals surface area contributed by atoms with E-state index >= 15 is 0 Å². The lowest BCUT2D eigenvalue weighted by Gasteiger charge is -2.23. The molecule has 2 aromatic heterocycles. The first-order valence-electron chi connectivity index (χ1n) is 8.78. The second kappa shape index (κ2) is 6.73. The van der Waals surface area contributed by atoms with Crippen molar-refractivity contribution in [2.75, 3.05) is 6.54 Å². The summed E-state index contributed by atoms with van der Waals surface area (Å²) in [5.74, 6) is -1.03. The van der Waals surface area contributed by atoms with Gasteiger partial charge in [-0.05, 0) is 43.2 Å². The molecule has 0 saturated carbocycles. The third-order valence-corrected chi connectivity index (χ3v) is 4.85. The number of rotatable bonds is 2. The number of nitrogens with zero attached hydrogens (tertiary/aromatic N) is 2. The molecule has 0 spiro atoms. The molecule has 1 aliphatic heterocycles. The number of phenols is 1. The number of nitrogens with one attached hydrogen (secondary N) is 1. The van der Waals surface area contributed by atoms with Gasteiger partial charge in [-0.2, -0.15) is 18.2 Å². The largest absolute Gasteiger partial charge is 0.507 e. The van der Waals surface area contributed by atoms with Crippen molar-refractivity contribution in [1.29, 1.82) is 0 Å². The summed E-state index contributed by atoms with van der Waals surface area (Å²) < 4.78 is 44.4. The number of aryl methyl sites for hydroxylation is 1. The van der Waals surface area contributed by atoms with Gasteiger partial charge >= 0.3 is 6.18 Å². The number of aromatic hydroxyl groups is 1. The Hall–Kier alpha value is -3.14. The number of piperidine rings is 1. The van der Waals surface area contributed by atoms with Crippen LogP contribution in [0.2, 0.25) is 0 Å². The topological polar surface area (TPSA) is 108 Å². The standard InChI is InChI=1S/C19H16F3N3O4/c1-8-4-10(19(20,21)22)6-12(26)15(8)11-2-3-14-16(24-11)25-18(29-14)9-5-13(27)17(28)23-7-9/h2-4,6,9,13,26-27H,5,7H2,1H3,(H,23,28). The number of hydrogen-bond donors (Lipinski definition) is 3. The monoisotopic (exact) mass is 407 g/mol. The van der Waals surface area contributed by atoms with E-state index in [0.29, 0.717) is 11.6 Å². The SMILES string of the molecule is Cc1cc(C(F)(F)F)cc(O)c1-c1ccc2oc(C3CNC(=O)C(O)C3)nc2n1. The van der Waals surface area contributed by atoms with Gasteiger partial charge in [0.2, 0.25) is 11.8 Å². The smallest absolute Gasteiger partial charge is 0.416 e. The van der Waals surface area contributed by atoms with Gasteiger partial charge in [0.25, 0.3) is 0 Å². The molecule has 7 nitrogen and oxygen atoms in total. The van der Waals surface area contributed by atoms with Crippen LogP contribution < -0.4 is 5.32 Å². The lowest BCUT2D eigenvalue weighted by Crippen LogP contribution is -2.43. The number of carbonyl (C=O) groups excluding carboxylic acids is 1. The first kappa shape index (κ1) is 19.2. The first-order chi connectivity index (χ1) is 13.6. The maximum Gasteiger partial charge on any atom is 0.416 e. The summed E-state index contributed by atoms with van der Waals surface area (Å²) in [6, 6.07) is 4.68. The van der Waals surface area contributed by atoms with Crippen LogP contribution in [-0.4, -0.2) is 38.7 Å². The number of aliphatic hydroxyl groups is 1. The highest BCUT2D eigenvalue weighted by Gasteiger charge is 2.33. The minimum absolute atomic E-state index is 0.157. The highest BCUT2D eigenvalue weighted by atomic mass is 19.4. The number of aromatic nitrogens is 2. The van der Waals surface area contributed by atoms with Gasteiger partial charge in [0.15, 0.2) is 11.2 Å². The Bertz CT molecular complexity index is 1090. The molecule has 0 aliphatic carbocycles. The molecular formula is C19H16F3N3O4. The lowest BCUT2D eigenvalue weighted by atomic mass is 9.97. The number of phenolic OH excluding ortho intramolecular Hbond substituents is 1. The highest BCUT2D eigenvalue weighted by Crippen LogP contribution is 2.39. The first-order valence-corrected chi connectivity index (χ1v) is 8.78. The van der Waals surface area contributed by atoms with E-state index in [9.17, 15) is 28.2 Å². The van der Waals surface area contributed by atoms with Crippen LogP contribution in [0.15, 0.2) is 28.7 Å². The number of fused-ring (bicyclic) bond motifs is 1. The van der Waals surface area contributed by atoms with Gasteiger partial charge in [-0.15, -0.1) is 0 Å². The van der Waals surface area contributed by atoms with Crippen molar-refractivity contribution < 1.29 is 32.6 Å². The minimum atomic E-state index is -4.57. The zero-order valence-corrected chi connectivity index (χ0v) is 15.1. The van der Waals surface area contributed by atoms with E-state index in [-0.39, 0.29) is 47.2 Å². The van der Waals surface area contributed by atoms with Gasteiger partial charge < -0.3 is 19.9 Å². The summed E-state index contributed by atoms with van der Waals surface area (Å²) >= 11 is 0. The van der Waals surface area contributed by atoms with Gasteiger partial charge in [-0.3, -0.25) is 4.79 Å². The van der Waals surface area contributed by atoms with E-state index < -0.39 is 29.5 Å². The molecule has 1 amide bonds. The van der Waals surface area contributed by atoms with Gasteiger partial charge in [-0.1, -0.05) is 0 Å². The van der Waals surface area contributed by atoms with Crippen LogP contribution in [0.1, 0.15) is 29.4 Å². The quantitative estimate of drug-likeness (QED) is 0.603. The van der Waals surface area contributed by atoms with E-state index in [0.717, 1.165) is 6.07 Å². The van der Waals surface area contributed by atoms with Gasteiger partial charge in [0.05, 0.1) is 17.2 Å². The Morgan fingerprint density at radius 2 is 2.00 bits per heavy atom. The van der Waals surface area contributed by atoms with Gasteiger partial charge in [0.1, 0.15) is 11.9 Å². The summed E-state index contributed by atoms with van der Waals surface area (Å²) in [4.78, 5) is 20.0. The Balaban J connectivity index is 1.71. The summed E-state index contributed by atoms with van der Waals surface area (Å²) in [5.41, 5.74) is 0.245. The minimum Gasteiger partial charge on any atom is -0.507 e. The Morgan fingerprint density at radius 3 is 2.66 bits per heavy atom. The van der Waals surface area contributed by atoms with Gasteiger partial charge in [0, 0.05) is 12.1 Å². The van der Waals surface area contributed by atoms with Crippen LogP contribution in [0.3, 0.4) is 0 Å². The zero-order chi connectivity index (χ0) is 20.9. The maximum atomic E-state index is 12.9. The van der Waals surface area contributed by atoms with Crippen LogP contribution >= 0.6 is 0 Å². The molecule has 2 unspecified atom stereocenters.